The van der Waals surface area contributed by atoms with E-state index in [1.54, 1.807) is 13.2 Å². The van der Waals surface area contributed by atoms with Gasteiger partial charge in [-0.25, -0.2) is 0 Å². The lowest BCUT2D eigenvalue weighted by molar-refractivity contribution is -0.00128. The minimum Gasteiger partial charge on any atom is -0.496 e. The van der Waals surface area contributed by atoms with Crippen molar-refractivity contribution in [2.75, 3.05) is 13.9 Å². The maximum absolute atomic E-state index is 12.6. The third-order valence-electron chi connectivity index (χ3n) is 5.27. The molecular formula is C22H21N3O5. The molecule has 0 fully saturated rings. The van der Waals surface area contributed by atoms with Crippen molar-refractivity contribution in [1.82, 2.24) is 15.1 Å². The molecule has 0 saturated heterocycles. The van der Waals surface area contributed by atoms with E-state index >= 15 is 0 Å². The smallest absolute Gasteiger partial charge is 0.272 e. The molecule has 0 aliphatic carbocycles. The standard InChI is InChI=1S/C22H21N3O5/c1-27-18-5-3-2-4-15(18)10-23-22(26)17-9-16-12-28-21(11-25(16)24-17)14-6-7-19-20(8-14)30-13-29-19/h2-9,21H,10-13H2,1H3,(H,23,26)/t21-/m1/s1. The lowest BCUT2D eigenvalue weighted by Gasteiger charge is -2.24. The highest BCUT2D eigenvalue weighted by molar-refractivity contribution is 5.92. The van der Waals surface area contributed by atoms with E-state index in [4.69, 9.17) is 18.9 Å². The van der Waals surface area contributed by atoms with Gasteiger partial charge < -0.3 is 24.3 Å². The summed E-state index contributed by atoms with van der Waals surface area (Å²) in [4.78, 5) is 12.6. The first-order chi connectivity index (χ1) is 14.7. The van der Waals surface area contributed by atoms with E-state index in [0.717, 1.165) is 34.1 Å². The highest BCUT2D eigenvalue weighted by Gasteiger charge is 2.26. The zero-order valence-corrected chi connectivity index (χ0v) is 16.5. The Balaban J connectivity index is 1.27. The predicted molar refractivity (Wildman–Crippen MR) is 106 cm³/mol. The first-order valence-corrected chi connectivity index (χ1v) is 9.69. The van der Waals surface area contributed by atoms with Crippen molar-refractivity contribution >= 4 is 5.91 Å². The van der Waals surface area contributed by atoms with Gasteiger partial charge in [0.25, 0.3) is 5.91 Å². The molecule has 30 heavy (non-hydrogen) atoms. The number of para-hydroxylation sites is 1. The number of methoxy groups -OCH3 is 1. The van der Waals surface area contributed by atoms with Crippen molar-refractivity contribution in [3.63, 3.8) is 0 Å². The van der Waals surface area contributed by atoms with Gasteiger partial charge in [0.05, 0.1) is 26.0 Å². The lowest BCUT2D eigenvalue weighted by Crippen LogP contribution is -2.24. The van der Waals surface area contributed by atoms with Crippen molar-refractivity contribution in [3.8, 4) is 17.2 Å². The Bertz CT molecular complexity index is 1090. The van der Waals surface area contributed by atoms with Crippen molar-refractivity contribution in [3.05, 3.63) is 71.0 Å². The van der Waals surface area contributed by atoms with Crippen LogP contribution in [0.15, 0.2) is 48.5 Å². The molecule has 0 spiro atoms. The predicted octanol–water partition coefficient (Wildman–Crippen LogP) is 2.82. The molecule has 1 amide bonds. The third-order valence-corrected chi connectivity index (χ3v) is 5.27. The van der Waals surface area contributed by atoms with Gasteiger partial charge in [-0.2, -0.15) is 5.10 Å². The number of carbonyl (C=O) groups excluding carboxylic acids is 1. The number of nitrogens with zero attached hydrogens (tertiary/aromatic N) is 2. The Kier molecular flexibility index (Phi) is 4.76. The largest absolute Gasteiger partial charge is 0.496 e. The van der Waals surface area contributed by atoms with Crippen LogP contribution in [0.1, 0.15) is 33.4 Å². The molecule has 0 saturated carbocycles. The van der Waals surface area contributed by atoms with Crippen LogP contribution in [0, 0.1) is 0 Å². The second-order valence-corrected chi connectivity index (χ2v) is 7.11. The molecule has 1 aromatic heterocycles. The molecular weight excluding hydrogens is 386 g/mol. The Hall–Kier alpha value is -3.52. The molecule has 3 heterocycles. The number of amides is 1. The summed E-state index contributed by atoms with van der Waals surface area (Å²) in [6, 6.07) is 15.1. The van der Waals surface area contributed by atoms with Crippen LogP contribution in [-0.2, 0) is 24.4 Å². The number of hydrogen-bond donors (Lipinski definition) is 1. The highest BCUT2D eigenvalue weighted by Crippen LogP contribution is 2.36. The number of hydrogen-bond acceptors (Lipinski definition) is 6. The Morgan fingerprint density at radius 1 is 1.20 bits per heavy atom. The summed E-state index contributed by atoms with van der Waals surface area (Å²) in [6.45, 7) is 1.50. The fourth-order valence-electron chi connectivity index (χ4n) is 3.67. The fraction of sp³-hybridized carbons (Fsp3) is 0.273. The van der Waals surface area contributed by atoms with Crippen molar-refractivity contribution in [2.24, 2.45) is 0 Å². The van der Waals surface area contributed by atoms with Crippen LogP contribution >= 0.6 is 0 Å². The summed E-state index contributed by atoms with van der Waals surface area (Å²) in [5.74, 6) is 1.96. The topological polar surface area (TPSA) is 83.8 Å². The van der Waals surface area contributed by atoms with Gasteiger partial charge in [0.1, 0.15) is 11.9 Å². The van der Waals surface area contributed by atoms with Gasteiger partial charge in [0.2, 0.25) is 6.79 Å². The van der Waals surface area contributed by atoms with E-state index in [0.29, 0.717) is 25.4 Å². The quantitative estimate of drug-likeness (QED) is 0.700. The molecule has 1 N–H and O–H groups in total. The minimum atomic E-state index is -0.234. The van der Waals surface area contributed by atoms with Crippen molar-refractivity contribution < 1.29 is 23.7 Å². The van der Waals surface area contributed by atoms with Gasteiger partial charge in [0.15, 0.2) is 17.2 Å². The monoisotopic (exact) mass is 407 g/mol. The van der Waals surface area contributed by atoms with E-state index in [-0.39, 0.29) is 18.8 Å². The number of benzene rings is 2. The van der Waals surface area contributed by atoms with Crippen LogP contribution in [0.2, 0.25) is 0 Å². The molecule has 2 aliphatic rings. The van der Waals surface area contributed by atoms with E-state index in [2.05, 4.69) is 10.4 Å². The van der Waals surface area contributed by atoms with Gasteiger partial charge in [-0.1, -0.05) is 24.3 Å². The van der Waals surface area contributed by atoms with Gasteiger partial charge in [-0.05, 0) is 29.8 Å². The SMILES string of the molecule is COc1ccccc1CNC(=O)c1cc2n(n1)C[C@H](c1ccc3c(c1)OCO3)OC2. The van der Waals surface area contributed by atoms with Gasteiger partial charge >= 0.3 is 0 Å². The molecule has 0 bridgehead atoms. The number of fused-ring (bicyclic) bond motifs is 2. The zero-order valence-electron chi connectivity index (χ0n) is 16.5. The number of nitrogens with one attached hydrogen (secondary N) is 1. The maximum atomic E-state index is 12.6. The van der Waals surface area contributed by atoms with Crippen LogP contribution in [-0.4, -0.2) is 29.6 Å². The van der Waals surface area contributed by atoms with Crippen LogP contribution < -0.4 is 19.5 Å². The lowest BCUT2D eigenvalue weighted by atomic mass is 10.1. The average Bonchev–Trinajstić information content (AvgIpc) is 3.43. The molecule has 3 aromatic rings. The molecule has 2 aliphatic heterocycles. The Morgan fingerprint density at radius 3 is 2.97 bits per heavy atom. The molecule has 1 atom stereocenters. The van der Waals surface area contributed by atoms with Crippen molar-refractivity contribution in [1.29, 1.82) is 0 Å². The van der Waals surface area contributed by atoms with E-state index in [1.807, 2.05) is 47.1 Å². The number of carbonyl (C=O) groups is 1. The Labute approximate surface area is 173 Å². The normalized spacial score (nSPS) is 16.8. The first-order valence-electron chi connectivity index (χ1n) is 9.69. The second-order valence-electron chi connectivity index (χ2n) is 7.11. The van der Waals surface area contributed by atoms with Gasteiger partial charge in [0, 0.05) is 12.1 Å². The summed E-state index contributed by atoms with van der Waals surface area (Å²) in [6.07, 6.45) is -0.170. The maximum Gasteiger partial charge on any atom is 0.272 e. The number of rotatable bonds is 5. The van der Waals surface area contributed by atoms with E-state index in [9.17, 15) is 4.79 Å². The van der Waals surface area contributed by atoms with Crippen LogP contribution in [0.4, 0.5) is 0 Å². The van der Waals surface area contributed by atoms with Gasteiger partial charge in [-0.15, -0.1) is 0 Å². The van der Waals surface area contributed by atoms with Crippen LogP contribution in [0.25, 0.3) is 0 Å². The third kappa shape index (κ3) is 3.46. The molecule has 8 nitrogen and oxygen atoms in total. The molecule has 5 rings (SSSR count). The summed E-state index contributed by atoms with van der Waals surface area (Å²) < 4.78 is 24.0. The molecule has 2 aromatic carbocycles. The summed E-state index contributed by atoms with van der Waals surface area (Å²) in [7, 11) is 1.61. The van der Waals surface area contributed by atoms with E-state index in [1.165, 1.54) is 0 Å². The van der Waals surface area contributed by atoms with Crippen LogP contribution in [0.3, 0.4) is 0 Å². The van der Waals surface area contributed by atoms with E-state index < -0.39 is 0 Å². The number of aromatic nitrogens is 2. The minimum absolute atomic E-state index is 0.170. The second kappa shape index (κ2) is 7.72. The van der Waals surface area contributed by atoms with Gasteiger partial charge in [-0.3, -0.25) is 9.48 Å². The molecule has 0 radical (unpaired) electrons. The molecule has 0 unspecified atom stereocenters. The van der Waals surface area contributed by atoms with Crippen molar-refractivity contribution in [2.45, 2.75) is 25.8 Å². The summed E-state index contributed by atoms with van der Waals surface area (Å²) in [5.41, 5.74) is 3.13. The first kappa shape index (κ1) is 18.5. The summed E-state index contributed by atoms with van der Waals surface area (Å²) >= 11 is 0. The number of ether oxygens (including phenoxy) is 4. The average molecular weight is 407 g/mol. The molecule has 8 heteroatoms. The fourth-order valence-corrected chi connectivity index (χ4v) is 3.67. The zero-order chi connectivity index (χ0) is 20.5. The highest BCUT2D eigenvalue weighted by atomic mass is 16.7. The van der Waals surface area contributed by atoms with Crippen LogP contribution in [0.5, 0.6) is 17.2 Å². The molecule has 154 valence electrons. The Morgan fingerprint density at radius 2 is 2.07 bits per heavy atom. The summed E-state index contributed by atoms with van der Waals surface area (Å²) in [5, 5.41) is 7.40.